The Morgan fingerprint density at radius 1 is 1.25 bits per heavy atom. The Kier molecular flexibility index (Phi) is 2.98. The van der Waals surface area contributed by atoms with E-state index in [-0.39, 0.29) is 11.5 Å². The van der Waals surface area contributed by atoms with Gasteiger partial charge in [-0.2, -0.15) is 0 Å². The number of phenols is 2. The van der Waals surface area contributed by atoms with Crippen molar-refractivity contribution in [2.45, 2.75) is 13.3 Å². The summed E-state index contributed by atoms with van der Waals surface area (Å²) in [6.07, 6.45) is 0.722. The molecule has 0 fully saturated rings. The van der Waals surface area contributed by atoms with Crippen molar-refractivity contribution in [3.63, 3.8) is 0 Å². The molecule has 0 atom stereocenters. The van der Waals surface area contributed by atoms with Crippen LogP contribution in [0.15, 0.2) is 12.1 Å². The van der Waals surface area contributed by atoms with Crippen molar-refractivity contribution in [3.8, 4) is 11.5 Å². The SMILES string of the molecule is Cc1cc(O)c(CCBr)cc1O. The van der Waals surface area contributed by atoms with E-state index in [1.54, 1.807) is 19.1 Å². The highest BCUT2D eigenvalue weighted by molar-refractivity contribution is 9.09. The van der Waals surface area contributed by atoms with Gasteiger partial charge in [0.15, 0.2) is 0 Å². The van der Waals surface area contributed by atoms with Crippen LogP contribution < -0.4 is 0 Å². The number of aryl methyl sites for hydroxylation is 2. The second-order valence-corrected chi connectivity index (χ2v) is 3.50. The van der Waals surface area contributed by atoms with Crippen molar-refractivity contribution in [2.75, 3.05) is 5.33 Å². The number of hydrogen-bond acceptors (Lipinski definition) is 2. The summed E-state index contributed by atoms with van der Waals surface area (Å²) in [7, 11) is 0. The molecular formula is C9H11BrO2. The first kappa shape index (κ1) is 9.39. The minimum Gasteiger partial charge on any atom is -0.508 e. The number of rotatable bonds is 2. The van der Waals surface area contributed by atoms with Crippen LogP contribution in [0.1, 0.15) is 11.1 Å². The molecule has 0 amide bonds. The van der Waals surface area contributed by atoms with Crippen molar-refractivity contribution in [1.82, 2.24) is 0 Å². The second-order valence-electron chi connectivity index (χ2n) is 2.71. The molecule has 66 valence electrons. The Labute approximate surface area is 80.0 Å². The molecule has 0 radical (unpaired) electrons. The molecule has 1 aromatic carbocycles. The minimum atomic E-state index is 0.240. The van der Waals surface area contributed by atoms with Crippen LogP contribution in [0, 0.1) is 6.92 Å². The van der Waals surface area contributed by atoms with Crippen molar-refractivity contribution >= 4 is 15.9 Å². The third-order valence-corrected chi connectivity index (χ3v) is 2.16. The van der Waals surface area contributed by atoms with Gasteiger partial charge in [0.25, 0.3) is 0 Å². The van der Waals surface area contributed by atoms with Crippen LogP contribution in [-0.2, 0) is 6.42 Å². The lowest BCUT2D eigenvalue weighted by Crippen LogP contribution is -1.87. The molecule has 12 heavy (non-hydrogen) atoms. The molecule has 2 N–H and O–H groups in total. The van der Waals surface area contributed by atoms with Crippen LogP contribution in [0.3, 0.4) is 0 Å². The van der Waals surface area contributed by atoms with Crippen LogP contribution in [0.2, 0.25) is 0 Å². The van der Waals surface area contributed by atoms with E-state index in [1.807, 2.05) is 0 Å². The number of phenolic OH excluding ortho intramolecular Hbond substituents is 2. The fourth-order valence-corrected chi connectivity index (χ4v) is 1.45. The highest BCUT2D eigenvalue weighted by atomic mass is 79.9. The van der Waals surface area contributed by atoms with Crippen LogP contribution >= 0.6 is 15.9 Å². The average molecular weight is 231 g/mol. The molecule has 2 nitrogen and oxygen atoms in total. The van der Waals surface area contributed by atoms with Gasteiger partial charge >= 0.3 is 0 Å². The molecule has 0 aromatic heterocycles. The molecule has 0 aliphatic carbocycles. The van der Waals surface area contributed by atoms with E-state index in [1.165, 1.54) is 0 Å². The molecule has 1 aromatic rings. The predicted octanol–water partition coefficient (Wildman–Crippen LogP) is 2.34. The number of hydrogen-bond donors (Lipinski definition) is 2. The van der Waals surface area contributed by atoms with Gasteiger partial charge in [0, 0.05) is 5.33 Å². The topological polar surface area (TPSA) is 40.5 Å². The summed E-state index contributed by atoms with van der Waals surface area (Å²) >= 11 is 3.27. The zero-order valence-electron chi connectivity index (χ0n) is 6.84. The summed E-state index contributed by atoms with van der Waals surface area (Å²) in [5.74, 6) is 0.494. The predicted molar refractivity (Wildman–Crippen MR) is 52.0 cm³/mol. The van der Waals surface area contributed by atoms with Gasteiger partial charge in [-0.25, -0.2) is 0 Å². The summed E-state index contributed by atoms with van der Waals surface area (Å²) in [6.45, 7) is 1.76. The smallest absolute Gasteiger partial charge is 0.119 e. The molecule has 0 aliphatic rings. The lowest BCUT2D eigenvalue weighted by atomic mass is 10.1. The zero-order valence-corrected chi connectivity index (χ0v) is 8.43. The zero-order chi connectivity index (χ0) is 9.14. The van der Waals surface area contributed by atoms with Gasteiger partial charge in [0.2, 0.25) is 0 Å². The average Bonchev–Trinajstić information content (AvgIpc) is 2.01. The largest absolute Gasteiger partial charge is 0.508 e. The minimum absolute atomic E-state index is 0.240. The Hall–Kier alpha value is -0.700. The quantitative estimate of drug-likeness (QED) is 0.605. The van der Waals surface area contributed by atoms with Crippen molar-refractivity contribution in [3.05, 3.63) is 23.3 Å². The van der Waals surface area contributed by atoms with E-state index in [0.717, 1.165) is 17.3 Å². The van der Waals surface area contributed by atoms with Crippen LogP contribution in [-0.4, -0.2) is 15.5 Å². The van der Waals surface area contributed by atoms with Crippen LogP contribution in [0.25, 0.3) is 0 Å². The van der Waals surface area contributed by atoms with E-state index < -0.39 is 0 Å². The summed E-state index contributed by atoms with van der Waals surface area (Å²) < 4.78 is 0. The third kappa shape index (κ3) is 1.91. The molecule has 0 saturated carbocycles. The number of benzene rings is 1. The Bertz CT molecular complexity index is 284. The normalized spacial score (nSPS) is 10.2. The maximum atomic E-state index is 9.41. The fraction of sp³-hybridized carbons (Fsp3) is 0.333. The van der Waals surface area contributed by atoms with Crippen molar-refractivity contribution in [2.24, 2.45) is 0 Å². The number of aromatic hydroxyl groups is 2. The summed E-state index contributed by atoms with van der Waals surface area (Å²) in [4.78, 5) is 0. The van der Waals surface area contributed by atoms with E-state index in [9.17, 15) is 10.2 Å². The monoisotopic (exact) mass is 230 g/mol. The molecule has 0 unspecified atom stereocenters. The fourth-order valence-electron chi connectivity index (χ4n) is 1.03. The summed E-state index contributed by atoms with van der Waals surface area (Å²) in [6, 6.07) is 3.18. The van der Waals surface area contributed by atoms with Gasteiger partial charge in [-0.05, 0) is 36.6 Å². The van der Waals surface area contributed by atoms with Crippen molar-refractivity contribution in [1.29, 1.82) is 0 Å². The van der Waals surface area contributed by atoms with E-state index in [0.29, 0.717) is 5.56 Å². The van der Waals surface area contributed by atoms with Gasteiger partial charge in [0.05, 0.1) is 0 Å². The number of halogens is 1. The lowest BCUT2D eigenvalue weighted by Gasteiger charge is -2.05. The van der Waals surface area contributed by atoms with Gasteiger partial charge in [-0.1, -0.05) is 15.9 Å². The highest BCUT2D eigenvalue weighted by Gasteiger charge is 2.04. The van der Waals surface area contributed by atoms with E-state index in [2.05, 4.69) is 15.9 Å². The van der Waals surface area contributed by atoms with E-state index in [4.69, 9.17) is 0 Å². The molecule has 0 bridgehead atoms. The summed E-state index contributed by atoms with van der Waals surface area (Å²) in [5.41, 5.74) is 1.47. The lowest BCUT2D eigenvalue weighted by molar-refractivity contribution is 0.451. The van der Waals surface area contributed by atoms with E-state index >= 15 is 0 Å². The molecule has 0 saturated heterocycles. The molecular weight excluding hydrogens is 220 g/mol. The maximum Gasteiger partial charge on any atom is 0.119 e. The Balaban J connectivity index is 3.05. The molecule has 3 heteroatoms. The summed E-state index contributed by atoms with van der Waals surface area (Å²) in [5, 5.41) is 19.5. The first-order valence-corrected chi connectivity index (χ1v) is 4.84. The highest BCUT2D eigenvalue weighted by Crippen LogP contribution is 2.26. The number of alkyl halides is 1. The van der Waals surface area contributed by atoms with Gasteiger partial charge < -0.3 is 10.2 Å². The van der Waals surface area contributed by atoms with Gasteiger partial charge in [-0.15, -0.1) is 0 Å². The first-order valence-electron chi connectivity index (χ1n) is 3.72. The standard InChI is InChI=1S/C9H11BrO2/c1-6-4-9(12)7(2-3-10)5-8(6)11/h4-5,11-12H,2-3H2,1H3. The first-order chi connectivity index (χ1) is 5.65. The van der Waals surface area contributed by atoms with Crippen molar-refractivity contribution < 1.29 is 10.2 Å². The van der Waals surface area contributed by atoms with Crippen LogP contribution in [0.4, 0.5) is 0 Å². The third-order valence-electron chi connectivity index (χ3n) is 1.76. The molecule has 0 aliphatic heterocycles. The second kappa shape index (κ2) is 3.81. The maximum absolute atomic E-state index is 9.41. The Morgan fingerprint density at radius 3 is 2.50 bits per heavy atom. The molecule has 0 spiro atoms. The molecule has 1 rings (SSSR count). The van der Waals surface area contributed by atoms with Crippen LogP contribution in [0.5, 0.6) is 11.5 Å². The van der Waals surface area contributed by atoms with Gasteiger partial charge in [0.1, 0.15) is 11.5 Å². The molecule has 0 heterocycles. The van der Waals surface area contributed by atoms with Gasteiger partial charge in [-0.3, -0.25) is 0 Å². The Morgan fingerprint density at radius 2 is 1.92 bits per heavy atom.